The van der Waals surface area contributed by atoms with Gasteiger partial charge in [0.05, 0.1) is 17.6 Å². The standard InChI is InChI=1S/C7H8N4/c1-8-5-2-6-7(9-3-5)4-10-11-6/h2-3,8H,4H2,1H3. The maximum absolute atomic E-state index is 4.18. The van der Waals surface area contributed by atoms with Gasteiger partial charge in [-0.1, -0.05) is 0 Å². The molecule has 2 rings (SSSR count). The van der Waals surface area contributed by atoms with E-state index in [0.29, 0.717) is 6.54 Å². The van der Waals surface area contributed by atoms with Gasteiger partial charge in [-0.15, -0.1) is 0 Å². The van der Waals surface area contributed by atoms with Gasteiger partial charge in [-0.25, -0.2) is 0 Å². The van der Waals surface area contributed by atoms with Gasteiger partial charge in [0, 0.05) is 7.05 Å². The topological polar surface area (TPSA) is 49.6 Å². The molecule has 0 saturated carbocycles. The van der Waals surface area contributed by atoms with Gasteiger partial charge in [0.15, 0.2) is 0 Å². The molecule has 0 fully saturated rings. The van der Waals surface area contributed by atoms with E-state index < -0.39 is 0 Å². The van der Waals surface area contributed by atoms with Crippen molar-refractivity contribution in [2.45, 2.75) is 6.54 Å². The number of nitrogens with one attached hydrogen (secondary N) is 1. The molecular formula is C7H8N4. The number of rotatable bonds is 1. The zero-order valence-electron chi connectivity index (χ0n) is 6.20. The van der Waals surface area contributed by atoms with E-state index in [-0.39, 0.29) is 0 Å². The fourth-order valence-electron chi connectivity index (χ4n) is 1.01. The minimum atomic E-state index is 0.624. The Bertz CT molecular complexity index is 305. The Hall–Kier alpha value is -1.45. The summed E-state index contributed by atoms with van der Waals surface area (Å²) in [6.07, 6.45) is 1.79. The van der Waals surface area contributed by atoms with Crippen LogP contribution < -0.4 is 5.32 Å². The van der Waals surface area contributed by atoms with Gasteiger partial charge in [0.25, 0.3) is 0 Å². The van der Waals surface area contributed by atoms with Crippen LogP contribution in [-0.2, 0) is 6.54 Å². The van der Waals surface area contributed by atoms with E-state index in [0.717, 1.165) is 17.1 Å². The summed E-state index contributed by atoms with van der Waals surface area (Å²) >= 11 is 0. The van der Waals surface area contributed by atoms with Crippen molar-refractivity contribution < 1.29 is 0 Å². The third-order valence-corrected chi connectivity index (χ3v) is 1.63. The van der Waals surface area contributed by atoms with Crippen molar-refractivity contribution in [3.63, 3.8) is 0 Å². The summed E-state index contributed by atoms with van der Waals surface area (Å²) < 4.78 is 0. The number of anilines is 1. The summed E-state index contributed by atoms with van der Waals surface area (Å²) in [5, 5.41) is 10.8. The summed E-state index contributed by atoms with van der Waals surface area (Å²) in [5.74, 6) is 0. The van der Waals surface area contributed by atoms with E-state index in [9.17, 15) is 0 Å². The van der Waals surface area contributed by atoms with Crippen LogP contribution in [0.15, 0.2) is 22.5 Å². The lowest BCUT2D eigenvalue weighted by Crippen LogP contribution is -1.90. The van der Waals surface area contributed by atoms with Gasteiger partial charge in [-0.2, -0.15) is 10.2 Å². The first kappa shape index (κ1) is 6.27. The summed E-state index contributed by atoms with van der Waals surface area (Å²) in [6.45, 7) is 0.624. The predicted molar refractivity (Wildman–Crippen MR) is 42.0 cm³/mol. The van der Waals surface area contributed by atoms with E-state index in [4.69, 9.17) is 0 Å². The zero-order chi connectivity index (χ0) is 7.68. The Labute approximate surface area is 64.4 Å². The molecule has 11 heavy (non-hydrogen) atoms. The largest absolute Gasteiger partial charge is 0.387 e. The number of nitrogens with zero attached hydrogens (tertiary/aromatic N) is 3. The molecule has 1 N–H and O–H groups in total. The fourth-order valence-corrected chi connectivity index (χ4v) is 1.01. The number of hydrogen-bond donors (Lipinski definition) is 1. The molecule has 1 aromatic heterocycles. The molecule has 0 amide bonds. The highest BCUT2D eigenvalue weighted by molar-refractivity contribution is 5.55. The molecule has 0 bridgehead atoms. The van der Waals surface area contributed by atoms with E-state index in [1.54, 1.807) is 6.20 Å². The normalized spacial score (nSPS) is 13.2. The molecule has 0 saturated heterocycles. The molecular weight excluding hydrogens is 140 g/mol. The number of azo groups is 1. The van der Waals surface area contributed by atoms with Gasteiger partial charge in [-0.3, -0.25) is 4.98 Å². The van der Waals surface area contributed by atoms with E-state index in [1.807, 2.05) is 13.1 Å². The fraction of sp³-hybridized carbons (Fsp3) is 0.286. The first-order valence-electron chi connectivity index (χ1n) is 3.44. The average Bonchev–Trinajstić information content (AvgIpc) is 2.50. The molecule has 1 aliphatic rings. The summed E-state index contributed by atoms with van der Waals surface area (Å²) in [7, 11) is 1.86. The molecule has 4 nitrogen and oxygen atoms in total. The smallest absolute Gasteiger partial charge is 0.111 e. The first-order chi connectivity index (χ1) is 5.40. The number of aromatic nitrogens is 1. The second-order valence-corrected chi connectivity index (χ2v) is 2.34. The van der Waals surface area contributed by atoms with Crippen LogP contribution in [0.4, 0.5) is 11.4 Å². The lowest BCUT2D eigenvalue weighted by atomic mass is 10.3. The van der Waals surface area contributed by atoms with Crippen molar-refractivity contribution >= 4 is 11.4 Å². The molecule has 0 unspecified atom stereocenters. The van der Waals surface area contributed by atoms with Crippen LogP contribution in [0.1, 0.15) is 5.69 Å². The molecule has 0 aliphatic carbocycles. The Kier molecular flexibility index (Phi) is 1.31. The Morgan fingerprint density at radius 2 is 2.45 bits per heavy atom. The minimum Gasteiger partial charge on any atom is -0.387 e. The Balaban J connectivity index is 2.47. The first-order valence-corrected chi connectivity index (χ1v) is 3.44. The Morgan fingerprint density at radius 3 is 3.27 bits per heavy atom. The summed E-state index contributed by atoms with van der Waals surface area (Å²) in [6, 6.07) is 1.94. The number of hydrogen-bond acceptors (Lipinski definition) is 4. The Morgan fingerprint density at radius 1 is 1.55 bits per heavy atom. The third kappa shape index (κ3) is 0.960. The number of fused-ring (bicyclic) bond motifs is 1. The lowest BCUT2D eigenvalue weighted by molar-refractivity contribution is 0.996. The molecule has 0 aromatic carbocycles. The van der Waals surface area contributed by atoms with Crippen molar-refractivity contribution in [1.29, 1.82) is 0 Å². The average molecular weight is 148 g/mol. The molecule has 1 aliphatic heterocycles. The molecule has 0 spiro atoms. The molecule has 56 valence electrons. The van der Waals surface area contributed by atoms with Crippen LogP contribution in [0.5, 0.6) is 0 Å². The molecule has 0 atom stereocenters. The second-order valence-electron chi connectivity index (χ2n) is 2.34. The van der Waals surface area contributed by atoms with Gasteiger partial charge >= 0.3 is 0 Å². The monoisotopic (exact) mass is 148 g/mol. The third-order valence-electron chi connectivity index (χ3n) is 1.63. The highest BCUT2D eigenvalue weighted by atomic mass is 15.2. The van der Waals surface area contributed by atoms with Gasteiger partial charge < -0.3 is 5.32 Å². The zero-order valence-corrected chi connectivity index (χ0v) is 6.20. The predicted octanol–water partition coefficient (Wildman–Crippen LogP) is 1.72. The van der Waals surface area contributed by atoms with Crippen LogP contribution in [0.3, 0.4) is 0 Å². The maximum Gasteiger partial charge on any atom is 0.111 e. The highest BCUT2D eigenvalue weighted by Crippen LogP contribution is 2.26. The summed E-state index contributed by atoms with van der Waals surface area (Å²) in [5.41, 5.74) is 2.82. The molecule has 4 heteroatoms. The van der Waals surface area contributed by atoms with E-state index in [1.165, 1.54) is 0 Å². The van der Waals surface area contributed by atoms with Crippen molar-refractivity contribution in [3.05, 3.63) is 18.0 Å². The van der Waals surface area contributed by atoms with Crippen molar-refractivity contribution in [3.8, 4) is 0 Å². The van der Waals surface area contributed by atoms with Gasteiger partial charge in [-0.05, 0) is 6.07 Å². The SMILES string of the molecule is CNc1cnc2c(c1)N=NC2. The van der Waals surface area contributed by atoms with Crippen LogP contribution in [0, 0.1) is 0 Å². The van der Waals surface area contributed by atoms with Crippen molar-refractivity contribution in [2.24, 2.45) is 10.2 Å². The van der Waals surface area contributed by atoms with Crippen LogP contribution >= 0.6 is 0 Å². The minimum absolute atomic E-state index is 0.624. The highest BCUT2D eigenvalue weighted by Gasteiger charge is 2.08. The number of pyridine rings is 1. The van der Waals surface area contributed by atoms with Crippen LogP contribution in [0.2, 0.25) is 0 Å². The maximum atomic E-state index is 4.18. The second kappa shape index (κ2) is 2.30. The van der Waals surface area contributed by atoms with Crippen LogP contribution in [0.25, 0.3) is 0 Å². The lowest BCUT2D eigenvalue weighted by Gasteiger charge is -1.99. The van der Waals surface area contributed by atoms with Crippen molar-refractivity contribution in [1.82, 2.24) is 4.98 Å². The van der Waals surface area contributed by atoms with E-state index in [2.05, 4.69) is 20.5 Å². The molecule has 0 radical (unpaired) electrons. The van der Waals surface area contributed by atoms with E-state index >= 15 is 0 Å². The quantitative estimate of drug-likeness (QED) is 0.659. The molecule has 2 heterocycles. The van der Waals surface area contributed by atoms with Gasteiger partial charge in [0.2, 0.25) is 0 Å². The van der Waals surface area contributed by atoms with Gasteiger partial charge in [0.1, 0.15) is 12.2 Å². The van der Waals surface area contributed by atoms with Crippen molar-refractivity contribution in [2.75, 3.05) is 12.4 Å². The summed E-state index contributed by atoms with van der Waals surface area (Å²) in [4.78, 5) is 4.18. The van der Waals surface area contributed by atoms with Crippen LogP contribution in [-0.4, -0.2) is 12.0 Å². The molecule has 1 aromatic rings.